The molecule has 21 heavy (non-hydrogen) atoms. The van der Waals surface area contributed by atoms with Crippen LogP contribution in [0.4, 0.5) is 14.6 Å². The van der Waals surface area contributed by atoms with Gasteiger partial charge in [-0.25, -0.2) is 13.8 Å². The number of hydrogen-bond donors (Lipinski definition) is 2. The largest absolute Gasteiger partial charge is 0.373 e. The van der Waals surface area contributed by atoms with E-state index in [1.807, 2.05) is 0 Å². The van der Waals surface area contributed by atoms with Crippen molar-refractivity contribution < 1.29 is 13.6 Å². The fourth-order valence-corrected chi connectivity index (χ4v) is 1.85. The van der Waals surface area contributed by atoms with Gasteiger partial charge in [0.1, 0.15) is 17.5 Å². The molecule has 1 aromatic heterocycles. The highest BCUT2D eigenvalue weighted by atomic mass is 19.1. The van der Waals surface area contributed by atoms with E-state index in [9.17, 15) is 13.6 Å². The van der Waals surface area contributed by atoms with Gasteiger partial charge in [0.2, 0.25) is 0 Å². The zero-order valence-electron chi connectivity index (χ0n) is 11.5. The average molecular weight is 291 g/mol. The van der Waals surface area contributed by atoms with Crippen molar-refractivity contribution in [2.75, 3.05) is 18.9 Å². The number of halogens is 2. The van der Waals surface area contributed by atoms with Gasteiger partial charge in [-0.3, -0.25) is 4.79 Å². The number of nitrogens with one attached hydrogen (secondary N) is 2. The number of aromatic nitrogens is 1. The predicted molar refractivity (Wildman–Crippen MR) is 76.2 cm³/mol. The first-order valence-corrected chi connectivity index (χ1v) is 6.45. The number of anilines is 1. The summed E-state index contributed by atoms with van der Waals surface area (Å²) < 4.78 is 26.0. The van der Waals surface area contributed by atoms with E-state index in [-0.39, 0.29) is 12.5 Å². The van der Waals surface area contributed by atoms with Gasteiger partial charge in [0, 0.05) is 25.9 Å². The van der Waals surface area contributed by atoms with Crippen molar-refractivity contribution in [1.82, 2.24) is 10.3 Å². The quantitative estimate of drug-likeness (QED) is 0.889. The van der Waals surface area contributed by atoms with Gasteiger partial charge >= 0.3 is 0 Å². The van der Waals surface area contributed by atoms with Gasteiger partial charge in [-0.05, 0) is 36.2 Å². The summed E-state index contributed by atoms with van der Waals surface area (Å²) in [5.74, 6) is -0.852. The highest BCUT2D eigenvalue weighted by molar-refractivity contribution is 5.94. The molecule has 0 saturated carbocycles. The van der Waals surface area contributed by atoms with Gasteiger partial charge in [-0.1, -0.05) is 0 Å². The second-order valence-electron chi connectivity index (χ2n) is 4.47. The normalized spacial score (nSPS) is 10.2. The summed E-state index contributed by atoms with van der Waals surface area (Å²) in [6, 6.07) is 6.65. The lowest BCUT2D eigenvalue weighted by atomic mass is 10.1. The monoisotopic (exact) mass is 291 g/mol. The van der Waals surface area contributed by atoms with Crippen molar-refractivity contribution in [3.8, 4) is 0 Å². The fourth-order valence-electron chi connectivity index (χ4n) is 1.85. The second kappa shape index (κ2) is 6.78. The molecule has 4 nitrogen and oxygen atoms in total. The molecule has 1 aromatic carbocycles. The number of benzene rings is 1. The molecule has 0 radical (unpaired) electrons. The number of carbonyl (C=O) groups excluding carboxylic acids is 1. The number of pyridine rings is 1. The summed E-state index contributed by atoms with van der Waals surface area (Å²) >= 11 is 0. The minimum absolute atomic E-state index is 0.276. The van der Waals surface area contributed by atoms with E-state index in [0.29, 0.717) is 23.4 Å². The van der Waals surface area contributed by atoms with E-state index in [0.717, 1.165) is 6.07 Å². The molecule has 6 heteroatoms. The third-order valence-electron chi connectivity index (χ3n) is 2.90. The van der Waals surface area contributed by atoms with Gasteiger partial charge in [0.15, 0.2) is 0 Å². The van der Waals surface area contributed by atoms with Gasteiger partial charge in [-0.2, -0.15) is 0 Å². The molecule has 2 rings (SSSR count). The van der Waals surface area contributed by atoms with E-state index in [1.54, 1.807) is 19.2 Å². The van der Waals surface area contributed by atoms with E-state index in [4.69, 9.17) is 0 Å². The zero-order chi connectivity index (χ0) is 15.2. The topological polar surface area (TPSA) is 54.0 Å². The lowest BCUT2D eigenvalue weighted by Crippen LogP contribution is -2.25. The Hall–Kier alpha value is -2.50. The second-order valence-corrected chi connectivity index (χ2v) is 4.47. The molecule has 1 amide bonds. The summed E-state index contributed by atoms with van der Waals surface area (Å²) in [5.41, 5.74) is 0.927. The summed E-state index contributed by atoms with van der Waals surface area (Å²) in [6.07, 6.45) is 1.81. The number of hydrogen-bond acceptors (Lipinski definition) is 3. The maximum atomic E-state index is 13.0. The maximum Gasteiger partial charge on any atom is 0.252 e. The minimum atomic E-state index is -0.622. The van der Waals surface area contributed by atoms with E-state index in [2.05, 4.69) is 15.6 Å². The summed E-state index contributed by atoms with van der Waals surface area (Å²) in [5, 5.41) is 5.53. The summed E-state index contributed by atoms with van der Waals surface area (Å²) in [6.45, 7) is 0.287. The van der Waals surface area contributed by atoms with Crippen LogP contribution in [0.5, 0.6) is 0 Å². The molecule has 0 saturated heterocycles. The highest BCUT2D eigenvalue weighted by Crippen LogP contribution is 2.08. The van der Waals surface area contributed by atoms with Crippen molar-refractivity contribution in [1.29, 1.82) is 0 Å². The van der Waals surface area contributed by atoms with Crippen molar-refractivity contribution >= 4 is 11.7 Å². The van der Waals surface area contributed by atoms with E-state index in [1.165, 1.54) is 18.3 Å². The lowest BCUT2D eigenvalue weighted by molar-refractivity contribution is 0.0954. The van der Waals surface area contributed by atoms with Crippen LogP contribution >= 0.6 is 0 Å². The van der Waals surface area contributed by atoms with Crippen LogP contribution < -0.4 is 10.6 Å². The molecule has 1 heterocycles. The van der Waals surface area contributed by atoms with Crippen molar-refractivity contribution in [3.63, 3.8) is 0 Å². The Balaban J connectivity index is 1.88. The van der Waals surface area contributed by atoms with Crippen LogP contribution in [-0.4, -0.2) is 24.5 Å². The summed E-state index contributed by atoms with van der Waals surface area (Å²) in [4.78, 5) is 15.9. The summed E-state index contributed by atoms with van der Waals surface area (Å²) in [7, 11) is 1.74. The van der Waals surface area contributed by atoms with Crippen molar-refractivity contribution in [3.05, 3.63) is 59.3 Å². The number of amides is 1. The van der Waals surface area contributed by atoms with E-state index >= 15 is 0 Å². The minimum Gasteiger partial charge on any atom is -0.373 e. The van der Waals surface area contributed by atoms with Crippen LogP contribution in [0.3, 0.4) is 0 Å². The molecule has 0 bridgehead atoms. The molecule has 0 aliphatic rings. The molecule has 0 aliphatic heterocycles. The Bertz CT molecular complexity index is 609. The molecule has 0 fully saturated rings. The zero-order valence-corrected chi connectivity index (χ0v) is 11.5. The third kappa shape index (κ3) is 4.24. The van der Waals surface area contributed by atoms with Gasteiger partial charge in [0.05, 0.1) is 5.56 Å². The molecule has 0 aliphatic carbocycles. The Morgan fingerprint density at radius 1 is 1.19 bits per heavy atom. The Labute approximate surface area is 121 Å². The number of nitrogens with zero attached hydrogens (tertiary/aromatic N) is 1. The SMILES string of the molecule is CNc1ccc(C(=O)NCCc2cc(F)cc(F)c2)cn1. The Morgan fingerprint density at radius 2 is 1.90 bits per heavy atom. The van der Waals surface area contributed by atoms with Gasteiger partial charge in [-0.15, -0.1) is 0 Å². The maximum absolute atomic E-state index is 13.0. The third-order valence-corrected chi connectivity index (χ3v) is 2.90. The Morgan fingerprint density at radius 3 is 2.48 bits per heavy atom. The molecule has 2 N–H and O–H groups in total. The average Bonchev–Trinajstić information content (AvgIpc) is 2.46. The first kappa shape index (κ1) is 14.9. The molecule has 2 aromatic rings. The van der Waals surface area contributed by atoms with Gasteiger partial charge in [0.25, 0.3) is 5.91 Å². The van der Waals surface area contributed by atoms with Crippen LogP contribution in [0.15, 0.2) is 36.5 Å². The first-order valence-electron chi connectivity index (χ1n) is 6.45. The van der Waals surface area contributed by atoms with Crippen LogP contribution in [0, 0.1) is 11.6 Å². The molecule has 110 valence electrons. The smallest absolute Gasteiger partial charge is 0.252 e. The molecule has 0 spiro atoms. The molecular formula is C15H15F2N3O. The van der Waals surface area contributed by atoms with Gasteiger partial charge < -0.3 is 10.6 Å². The van der Waals surface area contributed by atoms with Crippen LogP contribution in [-0.2, 0) is 6.42 Å². The predicted octanol–water partition coefficient (Wildman–Crippen LogP) is 2.37. The lowest BCUT2D eigenvalue weighted by Gasteiger charge is -2.06. The Kier molecular flexibility index (Phi) is 4.81. The van der Waals surface area contributed by atoms with Crippen LogP contribution in [0.1, 0.15) is 15.9 Å². The first-order chi connectivity index (χ1) is 10.1. The highest BCUT2D eigenvalue weighted by Gasteiger charge is 2.06. The van der Waals surface area contributed by atoms with Crippen LogP contribution in [0.25, 0.3) is 0 Å². The molecule has 0 atom stereocenters. The molecular weight excluding hydrogens is 276 g/mol. The number of rotatable bonds is 5. The van der Waals surface area contributed by atoms with Crippen LogP contribution in [0.2, 0.25) is 0 Å². The van der Waals surface area contributed by atoms with E-state index < -0.39 is 11.6 Å². The standard InChI is InChI=1S/C15H15F2N3O/c1-18-14-3-2-11(9-20-14)15(21)19-5-4-10-6-12(16)8-13(17)7-10/h2-3,6-9H,4-5H2,1H3,(H,18,20)(H,19,21). The van der Waals surface area contributed by atoms with Crippen molar-refractivity contribution in [2.45, 2.75) is 6.42 Å². The van der Waals surface area contributed by atoms with Crippen molar-refractivity contribution in [2.24, 2.45) is 0 Å². The number of carbonyl (C=O) groups is 1. The fraction of sp³-hybridized carbons (Fsp3) is 0.200. The molecule has 0 unspecified atom stereocenters.